The van der Waals surface area contributed by atoms with Crippen LogP contribution >= 0.6 is 12.6 Å². The van der Waals surface area contributed by atoms with Gasteiger partial charge in [0.1, 0.15) is 0 Å². The van der Waals surface area contributed by atoms with Crippen LogP contribution in [-0.2, 0) is 17.6 Å². The van der Waals surface area contributed by atoms with E-state index >= 15 is 0 Å². The van der Waals surface area contributed by atoms with Crippen molar-refractivity contribution in [3.8, 4) is 0 Å². The molecule has 5 N–H and O–H groups in total. The Balaban J connectivity index is 0.000000194. The fraction of sp³-hybridized carbons (Fsp3) is 0.292. The maximum Gasteiger partial charge on any atom is 0.411 e. The zero-order chi connectivity index (χ0) is 22.5. The molecule has 3 aromatic rings. The lowest BCUT2D eigenvalue weighted by atomic mass is 9.88. The van der Waals surface area contributed by atoms with Gasteiger partial charge >= 0.3 is 6.09 Å². The van der Waals surface area contributed by atoms with Crippen LogP contribution in [0.15, 0.2) is 53.6 Å². The van der Waals surface area contributed by atoms with Gasteiger partial charge in [0.25, 0.3) is 0 Å². The lowest BCUT2D eigenvalue weighted by Gasteiger charge is -2.22. The van der Waals surface area contributed by atoms with E-state index in [9.17, 15) is 4.79 Å². The second kappa shape index (κ2) is 9.94. The van der Waals surface area contributed by atoms with Crippen LogP contribution in [0.25, 0.3) is 10.9 Å². The van der Waals surface area contributed by atoms with E-state index in [4.69, 9.17) is 16.9 Å². The van der Waals surface area contributed by atoms with Crippen molar-refractivity contribution < 1.29 is 9.53 Å². The van der Waals surface area contributed by atoms with E-state index in [0.29, 0.717) is 0 Å². The maximum atomic E-state index is 10.7. The molecule has 7 heteroatoms. The van der Waals surface area contributed by atoms with Gasteiger partial charge in [-0.05, 0) is 60.6 Å². The van der Waals surface area contributed by atoms with Crippen molar-refractivity contribution in [1.29, 1.82) is 5.41 Å². The molecule has 2 atom stereocenters. The number of primary amides is 1. The van der Waals surface area contributed by atoms with Crippen molar-refractivity contribution in [3.05, 3.63) is 70.9 Å². The summed E-state index contributed by atoms with van der Waals surface area (Å²) in [5.41, 5.74) is 16.9. The number of aryl methyl sites for hydroxylation is 2. The van der Waals surface area contributed by atoms with E-state index in [1.807, 2.05) is 44.3 Å². The molecule has 0 aliphatic heterocycles. The minimum atomic E-state index is -0.994. The molecule has 0 spiro atoms. The number of aromatic nitrogens is 1. The Bertz CT molecular complexity index is 1120. The van der Waals surface area contributed by atoms with Crippen LogP contribution in [0.1, 0.15) is 41.5 Å². The van der Waals surface area contributed by atoms with Crippen molar-refractivity contribution in [2.45, 2.75) is 50.0 Å². The Hall–Kier alpha value is -2.90. The molecule has 0 radical (unpaired) electrons. The minimum absolute atomic E-state index is 0.0834. The number of nitrogens with two attached hydrogens (primary N) is 2. The van der Waals surface area contributed by atoms with Gasteiger partial charge in [0, 0.05) is 22.4 Å². The van der Waals surface area contributed by atoms with E-state index in [-0.39, 0.29) is 11.8 Å². The summed E-state index contributed by atoms with van der Waals surface area (Å²) >= 11 is 4.32. The van der Waals surface area contributed by atoms with E-state index in [1.54, 1.807) is 0 Å². The molecule has 1 aliphatic rings. The molecule has 0 saturated heterocycles. The number of nitrogens with zero attached hydrogens (tertiary/aromatic N) is 1. The van der Waals surface area contributed by atoms with E-state index < -0.39 is 12.1 Å². The highest BCUT2D eigenvalue weighted by atomic mass is 32.1. The Morgan fingerprint density at radius 3 is 2.71 bits per heavy atom. The Morgan fingerprint density at radius 1 is 1.23 bits per heavy atom. The third-order valence-corrected chi connectivity index (χ3v) is 5.91. The molecule has 0 bridgehead atoms. The van der Waals surface area contributed by atoms with Gasteiger partial charge in [-0.15, -0.1) is 12.6 Å². The monoisotopic (exact) mass is 436 g/mol. The molecule has 1 heterocycles. The number of thiol groups is 1. The van der Waals surface area contributed by atoms with Gasteiger partial charge in [0.15, 0.2) is 0 Å². The normalized spacial score (nSPS) is 14.2. The standard InChI is InChI=1S/C14H19N3O2.C10H9NS/c1-8(12(15)13(16)19-14(17)18)10-6-2-4-9-5-3-7-11(9)10;1-7-5-8-3-2-4-9(12)10(8)11-6-7/h2,4,6,8,12,16H,3,5,7,15H2,1H3,(H2,17,18);2-6,12H,1H3. The number of ether oxygens (including phenoxy) is 1. The first-order chi connectivity index (χ1) is 14.8. The molecule has 2 aromatic carbocycles. The summed E-state index contributed by atoms with van der Waals surface area (Å²) in [7, 11) is 0. The molecule has 4 rings (SSSR count). The molecule has 6 nitrogen and oxygen atoms in total. The van der Waals surface area contributed by atoms with Crippen molar-refractivity contribution in [2.75, 3.05) is 0 Å². The van der Waals surface area contributed by atoms with Gasteiger partial charge in [-0.25, -0.2) is 4.79 Å². The number of carbonyl (C=O) groups excluding carboxylic acids is 1. The highest BCUT2D eigenvalue weighted by Gasteiger charge is 2.26. The number of hydrogen-bond donors (Lipinski definition) is 4. The van der Waals surface area contributed by atoms with Crippen LogP contribution in [0.5, 0.6) is 0 Å². The second-order valence-electron chi connectivity index (χ2n) is 7.80. The van der Waals surface area contributed by atoms with E-state index in [0.717, 1.165) is 40.6 Å². The summed E-state index contributed by atoms with van der Waals surface area (Å²) in [6.07, 6.45) is 4.17. The van der Waals surface area contributed by atoms with Crippen LogP contribution in [0.2, 0.25) is 0 Å². The zero-order valence-corrected chi connectivity index (χ0v) is 18.7. The van der Waals surface area contributed by atoms with E-state index in [2.05, 4.69) is 40.5 Å². The summed E-state index contributed by atoms with van der Waals surface area (Å²) in [6, 6.07) is 13.6. The number of fused-ring (bicyclic) bond motifs is 2. The van der Waals surface area contributed by atoms with Crippen molar-refractivity contribution >= 4 is 35.5 Å². The molecular formula is C24H28N4O2S. The molecule has 31 heavy (non-hydrogen) atoms. The number of pyridine rings is 1. The average molecular weight is 437 g/mol. The smallest absolute Gasteiger partial charge is 0.394 e. The average Bonchev–Trinajstić information content (AvgIpc) is 3.21. The van der Waals surface area contributed by atoms with Gasteiger partial charge in [0.2, 0.25) is 5.90 Å². The first-order valence-corrected chi connectivity index (χ1v) is 10.7. The van der Waals surface area contributed by atoms with Crippen molar-refractivity contribution in [1.82, 2.24) is 4.98 Å². The fourth-order valence-electron chi connectivity index (χ4n) is 3.93. The zero-order valence-electron chi connectivity index (χ0n) is 17.8. The first kappa shape index (κ1) is 22.8. The third kappa shape index (κ3) is 5.42. The number of benzene rings is 2. The molecule has 0 saturated carbocycles. The van der Waals surface area contributed by atoms with Gasteiger partial charge in [-0.3, -0.25) is 10.4 Å². The van der Waals surface area contributed by atoms with Gasteiger partial charge in [-0.2, -0.15) is 0 Å². The number of para-hydroxylation sites is 1. The molecule has 1 amide bonds. The quantitative estimate of drug-likeness (QED) is 0.275. The largest absolute Gasteiger partial charge is 0.411 e. The van der Waals surface area contributed by atoms with Crippen LogP contribution < -0.4 is 11.5 Å². The maximum absolute atomic E-state index is 10.7. The summed E-state index contributed by atoms with van der Waals surface area (Å²) in [5.74, 6) is -0.365. The lowest BCUT2D eigenvalue weighted by molar-refractivity contribution is 0.204. The Morgan fingerprint density at radius 2 is 1.97 bits per heavy atom. The molecule has 162 valence electrons. The summed E-state index contributed by atoms with van der Waals surface area (Å²) in [6.45, 7) is 3.98. The minimum Gasteiger partial charge on any atom is -0.394 e. The molecule has 2 unspecified atom stereocenters. The SMILES string of the molecule is CC(c1cccc2c1CCC2)C(N)C(=N)OC(N)=O.Cc1cnc2c(S)cccc2c1. The highest BCUT2D eigenvalue weighted by molar-refractivity contribution is 7.80. The predicted octanol–water partition coefficient (Wildman–Crippen LogP) is 4.51. The summed E-state index contributed by atoms with van der Waals surface area (Å²) < 4.78 is 4.57. The first-order valence-electron chi connectivity index (χ1n) is 10.2. The second-order valence-corrected chi connectivity index (χ2v) is 8.28. The van der Waals surface area contributed by atoms with Gasteiger partial charge in [0.05, 0.1) is 11.6 Å². The number of nitrogens with one attached hydrogen (secondary N) is 1. The highest BCUT2D eigenvalue weighted by Crippen LogP contribution is 2.31. The van der Waals surface area contributed by atoms with Crippen LogP contribution in [0, 0.1) is 12.3 Å². The number of rotatable bonds is 3. The third-order valence-electron chi connectivity index (χ3n) is 5.55. The summed E-state index contributed by atoms with van der Waals surface area (Å²) in [5, 5.41) is 8.81. The topological polar surface area (TPSA) is 115 Å². The number of amides is 1. The lowest BCUT2D eigenvalue weighted by Crippen LogP contribution is -2.39. The van der Waals surface area contributed by atoms with Gasteiger partial charge in [-0.1, -0.05) is 37.3 Å². The molecule has 1 aromatic heterocycles. The fourth-order valence-corrected chi connectivity index (χ4v) is 4.20. The van der Waals surface area contributed by atoms with E-state index in [1.165, 1.54) is 16.7 Å². The van der Waals surface area contributed by atoms with Crippen molar-refractivity contribution in [2.24, 2.45) is 11.5 Å². The Kier molecular flexibility index (Phi) is 7.30. The van der Waals surface area contributed by atoms with Crippen molar-refractivity contribution in [3.63, 3.8) is 0 Å². The molecular weight excluding hydrogens is 408 g/mol. The van der Waals surface area contributed by atoms with Gasteiger partial charge < -0.3 is 16.2 Å². The Labute approximate surface area is 187 Å². The summed E-state index contributed by atoms with van der Waals surface area (Å²) in [4.78, 5) is 15.9. The van der Waals surface area contributed by atoms with Crippen LogP contribution in [0.3, 0.4) is 0 Å². The number of hydrogen-bond acceptors (Lipinski definition) is 6. The predicted molar refractivity (Wildman–Crippen MR) is 127 cm³/mol. The van der Waals surface area contributed by atoms with Crippen LogP contribution in [0.4, 0.5) is 4.79 Å². The van der Waals surface area contributed by atoms with Crippen LogP contribution in [-0.4, -0.2) is 23.0 Å². The molecule has 1 aliphatic carbocycles. The number of carbonyl (C=O) groups is 1. The molecule has 0 fully saturated rings.